The minimum absolute atomic E-state index is 0.140. The Bertz CT molecular complexity index is 640. The van der Waals surface area contributed by atoms with Crippen LogP contribution < -0.4 is 5.32 Å². The van der Waals surface area contributed by atoms with Crippen molar-refractivity contribution in [2.75, 3.05) is 5.32 Å². The molecule has 0 radical (unpaired) electrons. The second kappa shape index (κ2) is 5.50. The van der Waals surface area contributed by atoms with E-state index < -0.39 is 0 Å². The SMILES string of the molecule is Cc1cc(C(C)Nc2ccc(C#N)cc2Br)c(C)o1. The zero-order valence-corrected chi connectivity index (χ0v) is 12.7. The van der Waals surface area contributed by atoms with E-state index in [2.05, 4.69) is 34.2 Å². The number of anilines is 1. The van der Waals surface area contributed by atoms with Crippen LogP contribution in [0.2, 0.25) is 0 Å². The van der Waals surface area contributed by atoms with Gasteiger partial charge < -0.3 is 9.73 Å². The van der Waals surface area contributed by atoms with Crippen LogP contribution in [0.15, 0.2) is 33.2 Å². The van der Waals surface area contributed by atoms with Crippen LogP contribution in [-0.4, -0.2) is 0 Å². The van der Waals surface area contributed by atoms with Crippen LogP contribution in [0.4, 0.5) is 5.69 Å². The van der Waals surface area contributed by atoms with Crippen LogP contribution in [0.5, 0.6) is 0 Å². The van der Waals surface area contributed by atoms with Crippen LogP contribution in [0.25, 0.3) is 0 Å². The molecule has 0 amide bonds. The van der Waals surface area contributed by atoms with Gasteiger partial charge in [-0.1, -0.05) is 0 Å². The highest BCUT2D eigenvalue weighted by molar-refractivity contribution is 9.10. The third kappa shape index (κ3) is 2.99. The number of hydrogen-bond acceptors (Lipinski definition) is 3. The van der Waals surface area contributed by atoms with Gasteiger partial charge in [-0.3, -0.25) is 0 Å². The van der Waals surface area contributed by atoms with Gasteiger partial charge >= 0.3 is 0 Å². The molecule has 1 aromatic carbocycles. The molecule has 1 aromatic heterocycles. The predicted octanol–water partition coefficient (Wildman–Crippen LogP) is 4.70. The Labute approximate surface area is 121 Å². The van der Waals surface area contributed by atoms with E-state index in [9.17, 15) is 0 Å². The molecule has 0 bridgehead atoms. The van der Waals surface area contributed by atoms with Gasteiger partial charge in [-0.15, -0.1) is 0 Å². The van der Waals surface area contributed by atoms with Crippen LogP contribution >= 0.6 is 15.9 Å². The molecule has 0 aliphatic rings. The quantitative estimate of drug-likeness (QED) is 0.892. The molecule has 0 aliphatic heterocycles. The maximum Gasteiger partial charge on any atom is 0.106 e. The molecule has 0 saturated carbocycles. The summed E-state index contributed by atoms with van der Waals surface area (Å²) in [4.78, 5) is 0. The van der Waals surface area contributed by atoms with Crippen LogP contribution in [-0.2, 0) is 0 Å². The molecule has 0 fully saturated rings. The molecule has 2 rings (SSSR count). The molecule has 3 nitrogen and oxygen atoms in total. The molecular formula is C15H15BrN2O. The van der Waals surface area contributed by atoms with E-state index in [1.807, 2.05) is 32.0 Å². The Morgan fingerprint density at radius 3 is 2.58 bits per heavy atom. The summed E-state index contributed by atoms with van der Waals surface area (Å²) in [5.74, 6) is 1.85. The van der Waals surface area contributed by atoms with Gasteiger partial charge in [0.2, 0.25) is 0 Å². The van der Waals surface area contributed by atoms with E-state index in [-0.39, 0.29) is 6.04 Å². The Hall–Kier alpha value is -1.73. The third-order valence-electron chi connectivity index (χ3n) is 3.02. The number of benzene rings is 1. The molecule has 0 saturated heterocycles. The van der Waals surface area contributed by atoms with Crippen molar-refractivity contribution in [3.8, 4) is 6.07 Å². The third-order valence-corrected chi connectivity index (χ3v) is 3.67. The van der Waals surface area contributed by atoms with Crippen LogP contribution in [0.3, 0.4) is 0 Å². The van der Waals surface area contributed by atoms with Gasteiger partial charge in [0.1, 0.15) is 11.5 Å². The highest BCUT2D eigenvalue weighted by Gasteiger charge is 2.13. The van der Waals surface area contributed by atoms with E-state index in [1.165, 1.54) is 0 Å². The topological polar surface area (TPSA) is 49.0 Å². The van der Waals surface area contributed by atoms with Crippen LogP contribution in [0.1, 0.15) is 35.6 Å². The normalized spacial score (nSPS) is 11.9. The summed E-state index contributed by atoms with van der Waals surface area (Å²) in [5.41, 5.74) is 2.75. The van der Waals surface area contributed by atoms with Crippen molar-refractivity contribution in [1.82, 2.24) is 0 Å². The van der Waals surface area contributed by atoms with Crippen molar-refractivity contribution >= 4 is 21.6 Å². The zero-order valence-electron chi connectivity index (χ0n) is 11.1. The smallest absolute Gasteiger partial charge is 0.106 e. The molecular weight excluding hydrogens is 304 g/mol. The van der Waals surface area contributed by atoms with E-state index in [0.29, 0.717) is 5.56 Å². The summed E-state index contributed by atoms with van der Waals surface area (Å²) < 4.78 is 6.43. The number of furan rings is 1. The number of nitriles is 1. The molecule has 1 heterocycles. The van der Waals surface area contributed by atoms with Gasteiger partial charge in [0.05, 0.1) is 17.7 Å². The molecule has 19 heavy (non-hydrogen) atoms. The summed E-state index contributed by atoms with van der Waals surface area (Å²) in [6.07, 6.45) is 0. The highest BCUT2D eigenvalue weighted by Crippen LogP contribution is 2.29. The minimum Gasteiger partial charge on any atom is -0.466 e. The number of hydrogen-bond donors (Lipinski definition) is 1. The lowest BCUT2D eigenvalue weighted by Gasteiger charge is -2.16. The van der Waals surface area contributed by atoms with Crippen LogP contribution in [0, 0.1) is 25.2 Å². The second-order valence-electron chi connectivity index (χ2n) is 4.54. The minimum atomic E-state index is 0.140. The maximum absolute atomic E-state index is 8.85. The Morgan fingerprint density at radius 2 is 2.05 bits per heavy atom. The molecule has 0 aliphatic carbocycles. The summed E-state index contributed by atoms with van der Waals surface area (Å²) in [5, 5.41) is 12.3. The van der Waals surface area contributed by atoms with Gasteiger partial charge in [-0.25, -0.2) is 0 Å². The van der Waals surface area contributed by atoms with Gasteiger partial charge in [-0.05, 0) is 61.0 Å². The van der Waals surface area contributed by atoms with Gasteiger partial charge in [0.15, 0.2) is 0 Å². The molecule has 1 unspecified atom stereocenters. The van der Waals surface area contributed by atoms with Crippen molar-refractivity contribution in [2.24, 2.45) is 0 Å². The first-order chi connectivity index (χ1) is 9.01. The number of rotatable bonds is 3. The Balaban J connectivity index is 2.22. The molecule has 0 spiro atoms. The van der Waals surface area contributed by atoms with Gasteiger partial charge in [0, 0.05) is 15.7 Å². The highest BCUT2D eigenvalue weighted by atomic mass is 79.9. The molecule has 1 atom stereocenters. The van der Waals surface area contributed by atoms with Crippen molar-refractivity contribution < 1.29 is 4.42 Å². The standard InChI is InChI=1S/C15H15BrN2O/c1-9-6-13(11(3)19-9)10(2)18-15-5-4-12(8-17)7-14(15)16/h4-7,10,18H,1-3H3. The monoisotopic (exact) mass is 318 g/mol. The summed E-state index contributed by atoms with van der Waals surface area (Å²) in [6, 6.07) is 9.82. The largest absolute Gasteiger partial charge is 0.466 e. The van der Waals surface area contributed by atoms with E-state index >= 15 is 0 Å². The first kappa shape index (κ1) is 13.7. The molecule has 2 aromatic rings. The summed E-state index contributed by atoms with van der Waals surface area (Å²) in [7, 11) is 0. The fourth-order valence-corrected chi connectivity index (χ4v) is 2.59. The fraction of sp³-hybridized carbons (Fsp3) is 0.267. The van der Waals surface area contributed by atoms with Gasteiger partial charge in [-0.2, -0.15) is 5.26 Å². The predicted molar refractivity (Wildman–Crippen MR) is 79.1 cm³/mol. The number of halogens is 1. The number of nitrogens with one attached hydrogen (secondary N) is 1. The van der Waals surface area contributed by atoms with Crippen molar-refractivity contribution in [3.05, 3.63) is 51.4 Å². The molecule has 4 heteroatoms. The lowest BCUT2D eigenvalue weighted by Crippen LogP contribution is -2.07. The van der Waals surface area contributed by atoms with E-state index in [1.54, 1.807) is 6.07 Å². The Kier molecular flexibility index (Phi) is 3.96. The molecule has 1 N–H and O–H groups in total. The second-order valence-corrected chi connectivity index (χ2v) is 5.40. The van der Waals surface area contributed by atoms with Crippen molar-refractivity contribution in [2.45, 2.75) is 26.8 Å². The lowest BCUT2D eigenvalue weighted by atomic mass is 10.1. The van der Waals surface area contributed by atoms with Gasteiger partial charge in [0.25, 0.3) is 0 Å². The average molecular weight is 319 g/mol. The lowest BCUT2D eigenvalue weighted by molar-refractivity contribution is 0.500. The van der Waals surface area contributed by atoms with E-state index in [0.717, 1.165) is 27.2 Å². The fourth-order valence-electron chi connectivity index (χ4n) is 2.09. The first-order valence-corrected chi connectivity index (χ1v) is 6.83. The average Bonchev–Trinajstić information content (AvgIpc) is 2.71. The zero-order chi connectivity index (χ0) is 14.0. The molecule has 98 valence electrons. The van der Waals surface area contributed by atoms with E-state index in [4.69, 9.17) is 9.68 Å². The maximum atomic E-state index is 8.85. The number of aryl methyl sites for hydroxylation is 2. The summed E-state index contributed by atoms with van der Waals surface area (Å²) >= 11 is 3.48. The van der Waals surface area contributed by atoms with Crippen molar-refractivity contribution in [3.63, 3.8) is 0 Å². The number of nitrogens with zero attached hydrogens (tertiary/aromatic N) is 1. The van der Waals surface area contributed by atoms with Crippen molar-refractivity contribution in [1.29, 1.82) is 5.26 Å². The summed E-state index contributed by atoms with van der Waals surface area (Å²) in [6.45, 7) is 6.00. The Morgan fingerprint density at radius 1 is 1.32 bits per heavy atom. The first-order valence-electron chi connectivity index (χ1n) is 6.04.